The van der Waals surface area contributed by atoms with E-state index in [1.54, 1.807) is 0 Å². The fourth-order valence-corrected chi connectivity index (χ4v) is 3.44. The SMILES string of the molecule is Cl.Cl.O=C(CCc1nc2ccccc2[nH]1)NCC1NCCc2ccccc21. The molecule has 1 atom stereocenters. The van der Waals surface area contributed by atoms with E-state index < -0.39 is 0 Å². The molecular formula is C20H24Cl2N4O. The number of carbonyl (C=O) groups is 1. The Labute approximate surface area is 171 Å². The Kier molecular flexibility index (Phi) is 7.66. The summed E-state index contributed by atoms with van der Waals surface area (Å²) in [6.45, 7) is 1.58. The van der Waals surface area contributed by atoms with Gasteiger partial charge in [-0.15, -0.1) is 24.8 Å². The second-order valence-electron chi connectivity index (χ2n) is 6.46. The van der Waals surface area contributed by atoms with Gasteiger partial charge >= 0.3 is 0 Å². The number of H-pyrrole nitrogens is 1. The Morgan fingerprint density at radius 3 is 2.74 bits per heavy atom. The van der Waals surface area contributed by atoms with Crippen LogP contribution in [0.3, 0.4) is 0 Å². The first-order valence-electron chi connectivity index (χ1n) is 8.81. The van der Waals surface area contributed by atoms with Gasteiger partial charge < -0.3 is 15.6 Å². The number of halogens is 2. The molecule has 0 radical (unpaired) electrons. The summed E-state index contributed by atoms with van der Waals surface area (Å²) in [5, 5.41) is 6.54. The maximum Gasteiger partial charge on any atom is 0.220 e. The first kappa shape index (κ1) is 21.2. The number of nitrogens with one attached hydrogen (secondary N) is 3. The van der Waals surface area contributed by atoms with Crippen molar-refractivity contribution in [3.05, 3.63) is 65.5 Å². The zero-order chi connectivity index (χ0) is 17.1. The van der Waals surface area contributed by atoms with Crippen molar-refractivity contribution in [2.24, 2.45) is 0 Å². The van der Waals surface area contributed by atoms with Crippen molar-refractivity contribution in [1.82, 2.24) is 20.6 Å². The highest BCUT2D eigenvalue weighted by Gasteiger charge is 2.19. The summed E-state index contributed by atoms with van der Waals surface area (Å²) in [4.78, 5) is 20.0. The Bertz CT molecular complexity index is 863. The van der Waals surface area contributed by atoms with Crippen LogP contribution in [-0.2, 0) is 17.6 Å². The molecule has 1 aromatic heterocycles. The third kappa shape index (κ3) is 5.01. The van der Waals surface area contributed by atoms with E-state index in [2.05, 4.69) is 44.9 Å². The molecule has 27 heavy (non-hydrogen) atoms. The van der Waals surface area contributed by atoms with E-state index in [9.17, 15) is 4.79 Å². The molecule has 1 aliphatic rings. The van der Waals surface area contributed by atoms with Crippen molar-refractivity contribution >= 4 is 41.8 Å². The molecule has 5 nitrogen and oxygen atoms in total. The predicted octanol–water partition coefficient (Wildman–Crippen LogP) is 3.34. The second kappa shape index (κ2) is 9.74. The Balaban J connectivity index is 0.00000131. The molecule has 2 heterocycles. The standard InChI is InChI=1S/C20H22N4O.2ClH/c25-20(10-9-19-23-16-7-3-4-8-17(16)24-19)22-13-18-15-6-2-1-5-14(15)11-12-21-18;;/h1-8,18,21H,9-13H2,(H,22,25)(H,23,24);2*1H. The van der Waals surface area contributed by atoms with Gasteiger partial charge in [-0.05, 0) is 36.2 Å². The number of aryl methyl sites for hydroxylation is 1. The molecule has 144 valence electrons. The van der Waals surface area contributed by atoms with Gasteiger partial charge in [0.15, 0.2) is 0 Å². The summed E-state index contributed by atoms with van der Waals surface area (Å²) < 4.78 is 0. The summed E-state index contributed by atoms with van der Waals surface area (Å²) in [6, 6.07) is 16.6. The Morgan fingerprint density at radius 1 is 1.11 bits per heavy atom. The van der Waals surface area contributed by atoms with Crippen LogP contribution in [0.4, 0.5) is 0 Å². The summed E-state index contributed by atoms with van der Waals surface area (Å²) in [5.41, 5.74) is 4.64. The molecule has 2 aromatic carbocycles. The maximum atomic E-state index is 12.2. The number of amides is 1. The van der Waals surface area contributed by atoms with Crippen molar-refractivity contribution in [1.29, 1.82) is 0 Å². The van der Waals surface area contributed by atoms with Crippen LogP contribution in [0.2, 0.25) is 0 Å². The van der Waals surface area contributed by atoms with Crippen LogP contribution in [-0.4, -0.2) is 29.0 Å². The van der Waals surface area contributed by atoms with Crippen LogP contribution in [0.5, 0.6) is 0 Å². The highest BCUT2D eigenvalue weighted by atomic mass is 35.5. The quantitative estimate of drug-likeness (QED) is 0.608. The molecule has 4 rings (SSSR count). The highest BCUT2D eigenvalue weighted by molar-refractivity contribution is 5.85. The number of rotatable bonds is 5. The van der Waals surface area contributed by atoms with E-state index in [0.29, 0.717) is 19.4 Å². The van der Waals surface area contributed by atoms with Crippen LogP contribution in [0.15, 0.2) is 48.5 Å². The zero-order valence-corrected chi connectivity index (χ0v) is 16.5. The molecule has 0 saturated heterocycles. The van der Waals surface area contributed by atoms with Gasteiger partial charge in [-0.2, -0.15) is 0 Å². The molecule has 1 unspecified atom stereocenters. The number of carbonyl (C=O) groups excluding carboxylic acids is 1. The number of hydrogen-bond acceptors (Lipinski definition) is 3. The maximum absolute atomic E-state index is 12.2. The second-order valence-corrected chi connectivity index (χ2v) is 6.46. The number of nitrogens with zero attached hydrogens (tertiary/aromatic N) is 1. The fourth-order valence-electron chi connectivity index (χ4n) is 3.44. The monoisotopic (exact) mass is 406 g/mol. The molecular weight excluding hydrogens is 383 g/mol. The van der Waals surface area contributed by atoms with Crippen LogP contribution < -0.4 is 10.6 Å². The van der Waals surface area contributed by atoms with Crippen LogP contribution in [0.25, 0.3) is 11.0 Å². The van der Waals surface area contributed by atoms with Gasteiger partial charge in [-0.25, -0.2) is 4.98 Å². The molecule has 1 aliphatic heterocycles. The van der Waals surface area contributed by atoms with Crippen molar-refractivity contribution in [2.45, 2.75) is 25.3 Å². The minimum absolute atomic E-state index is 0. The largest absolute Gasteiger partial charge is 0.354 e. The van der Waals surface area contributed by atoms with Crippen molar-refractivity contribution in [2.75, 3.05) is 13.1 Å². The first-order valence-corrected chi connectivity index (χ1v) is 8.81. The number of benzene rings is 2. The van der Waals surface area contributed by atoms with Crippen molar-refractivity contribution in [3.8, 4) is 0 Å². The number of hydrogen-bond donors (Lipinski definition) is 3. The van der Waals surface area contributed by atoms with E-state index in [1.165, 1.54) is 11.1 Å². The first-order chi connectivity index (χ1) is 12.3. The van der Waals surface area contributed by atoms with E-state index in [-0.39, 0.29) is 36.8 Å². The van der Waals surface area contributed by atoms with Crippen LogP contribution in [0, 0.1) is 0 Å². The predicted molar refractivity (Wildman–Crippen MR) is 113 cm³/mol. The van der Waals surface area contributed by atoms with Gasteiger partial charge in [-0.1, -0.05) is 36.4 Å². The van der Waals surface area contributed by atoms with E-state index in [4.69, 9.17) is 0 Å². The molecule has 0 aliphatic carbocycles. The minimum Gasteiger partial charge on any atom is -0.354 e. The molecule has 3 N–H and O–H groups in total. The van der Waals surface area contributed by atoms with Gasteiger partial charge in [0.05, 0.1) is 11.0 Å². The van der Waals surface area contributed by atoms with Crippen LogP contribution >= 0.6 is 24.8 Å². The Hall–Kier alpha value is -2.08. The van der Waals surface area contributed by atoms with Gasteiger partial charge in [0.25, 0.3) is 0 Å². The average molecular weight is 407 g/mol. The lowest BCUT2D eigenvalue weighted by Gasteiger charge is -2.27. The fraction of sp³-hybridized carbons (Fsp3) is 0.300. The number of aromatic nitrogens is 2. The highest BCUT2D eigenvalue weighted by Crippen LogP contribution is 2.21. The lowest BCUT2D eigenvalue weighted by molar-refractivity contribution is -0.121. The Morgan fingerprint density at radius 2 is 1.89 bits per heavy atom. The third-order valence-electron chi connectivity index (χ3n) is 4.75. The van der Waals surface area contributed by atoms with Crippen molar-refractivity contribution < 1.29 is 4.79 Å². The smallest absolute Gasteiger partial charge is 0.220 e. The topological polar surface area (TPSA) is 69.8 Å². The number of para-hydroxylation sites is 2. The summed E-state index contributed by atoms with van der Waals surface area (Å²) in [7, 11) is 0. The number of aromatic amines is 1. The molecule has 1 amide bonds. The van der Waals surface area contributed by atoms with Crippen molar-refractivity contribution in [3.63, 3.8) is 0 Å². The molecule has 0 spiro atoms. The van der Waals surface area contributed by atoms with Gasteiger partial charge in [0.2, 0.25) is 5.91 Å². The van der Waals surface area contributed by atoms with Crippen LogP contribution in [0.1, 0.15) is 29.4 Å². The number of imidazole rings is 1. The lowest BCUT2D eigenvalue weighted by Crippen LogP contribution is -2.38. The van der Waals surface area contributed by atoms with E-state index in [1.807, 2.05) is 24.3 Å². The molecule has 0 fully saturated rings. The minimum atomic E-state index is 0. The van der Waals surface area contributed by atoms with Gasteiger partial charge in [0.1, 0.15) is 5.82 Å². The average Bonchev–Trinajstić information content (AvgIpc) is 3.07. The lowest BCUT2D eigenvalue weighted by atomic mass is 9.94. The normalized spacial score (nSPS) is 15.3. The number of fused-ring (bicyclic) bond motifs is 2. The van der Waals surface area contributed by atoms with Gasteiger partial charge in [-0.3, -0.25) is 4.79 Å². The summed E-state index contributed by atoms with van der Waals surface area (Å²) in [5.74, 6) is 0.919. The zero-order valence-electron chi connectivity index (χ0n) is 14.9. The summed E-state index contributed by atoms with van der Waals surface area (Å²) in [6.07, 6.45) is 2.11. The molecule has 0 saturated carbocycles. The van der Waals surface area contributed by atoms with E-state index >= 15 is 0 Å². The molecule has 7 heteroatoms. The third-order valence-corrected chi connectivity index (χ3v) is 4.75. The van der Waals surface area contributed by atoms with Gasteiger partial charge in [0, 0.05) is 25.4 Å². The summed E-state index contributed by atoms with van der Waals surface area (Å²) >= 11 is 0. The molecule has 3 aromatic rings. The molecule has 0 bridgehead atoms. The van der Waals surface area contributed by atoms with E-state index in [0.717, 1.165) is 29.8 Å².